The zero-order chi connectivity index (χ0) is 18.4. The fraction of sp³-hybridized carbons (Fsp3) is 0.368. The number of pyridine rings is 1. The summed E-state index contributed by atoms with van der Waals surface area (Å²) < 4.78 is 13.2. The molecule has 1 aliphatic heterocycles. The van der Waals surface area contributed by atoms with Crippen molar-refractivity contribution in [3.63, 3.8) is 0 Å². The summed E-state index contributed by atoms with van der Waals surface area (Å²) in [5.41, 5.74) is 0.963. The van der Waals surface area contributed by atoms with E-state index in [2.05, 4.69) is 25.5 Å². The summed E-state index contributed by atoms with van der Waals surface area (Å²) in [5.74, 6) is 1.37. The molecular weight excluding hydrogens is 353 g/mol. The Morgan fingerprint density at radius 2 is 2.27 bits per heavy atom. The normalized spacial score (nSPS) is 17.4. The SMILES string of the molecule is CN=C(NCCc1cccc(F)c1)NC1CCN(c2ncccc2Cl)C1. The highest BCUT2D eigenvalue weighted by Crippen LogP contribution is 2.25. The molecule has 0 amide bonds. The number of aromatic nitrogens is 1. The molecule has 1 aromatic carbocycles. The molecule has 3 rings (SSSR count). The van der Waals surface area contributed by atoms with E-state index in [4.69, 9.17) is 11.6 Å². The van der Waals surface area contributed by atoms with Gasteiger partial charge < -0.3 is 15.5 Å². The van der Waals surface area contributed by atoms with Crippen LogP contribution in [0.5, 0.6) is 0 Å². The van der Waals surface area contributed by atoms with Crippen molar-refractivity contribution in [2.75, 3.05) is 31.6 Å². The molecule has 26 heavy (non-hydrogen) atoms. The second kappa shape index (κ2) is 8.85. The highest BCUT2D eigenvalue weighted by molar-refractivity contribution is 6.32. The van der Waals surface area contributed by atoms with Gasteiger partial charge in [0.15, 0.2) is 5.96 Å². The van der Waals surface area contributed by atoms with Crippen molar-refractivity contribution >= 4 is 23.4 Å². The van der Waals surface area contributed by atoms with Crippen LogP contribution in [0.4, 0.5) is 10.2 Å². The van der Waals surface area contributed by atoms with Gasteiger partial charge in [-0.2, -0.15) is 0 Å². The first-order valence-corrected chi connectivity index (χ1v) is 9.10. The summed E-state index contributed by atoms with van der Waals surface area (Å²) in [5, 5.41) is 7.39. The average Bonchev–Trinajstić information content (AvgIpc) is 3.09. The minimum atomic E-state index is -0.204. The molecule has 2 aromatic rings. The van der Waals surface area contributed by atoms with Gasteiger partial charge in [0.25, 0.3) is 0 Å². The second-order valence-electron chi connectivity index (χ2n) is 6.26. The maximum atomic E-state index is 13.2. The molecular formula is C19H23ClFN5. The molecule has 1 atom stereocenters. The van der Waals surface area contributed by atoms with Gasteiger partial charge in [-0.1, -0.05) is 23.7 Å². The van der Waals surface area contributed by atoms with E-state index in [1.807, 2.05) is 18.2 Å². The van der Waals surface area contributed by atoms with Crippen LogP contribution in [0.3, 0.4) is 0 Å². The summed E-state index contributed by atoms with van der Waals surface area (Å²) in [4.78, 5) is 10.8. The standard InChI is InChI=1S/C19H23ClFN5/c1-22-19(24-10-7-14-4-2-5-15(21)12-14)25-16-8-11-26(13-16)18-17(20)6-3-9-23-18/h2-6,9,12,16H,7-8,10-11,13H2,1H3,(H2,22,24,25). The van der Waals surface area contributed by atoms with E-state index in [0.717, 1.165) is 43.3 Å². The van der Waals surface area contributed by atoms with Gasteiger partial charge in [0, 0.05) is 38.9 Å². The van der Waals surface area contributed by atoms with Gasteiger partial charge >= 0.3 is 0 Å². The lowest BCUT2D eigenvalue weighted by Crippen LogP contribution is -2.45. The zero-order valence-electron chi connectivity index (χ0n) is 14.8. The summed E-state index contributed by atoms with van der Waals surface area (Å²) in [6.07, 6.45) is 3.48. The molecule has 0 bridgehead atoms. The van der Waals surface area contributed by atoms with Crippen molar-refractivity contribution in [2.24, 2.45) is 4.99 Å². The Bertz CT molecular complexity index is 767. The Kier molecular flexibility index (Phi) is 6.28. The fourth-order valence-electron chi connectivity index (χ4n) is 3.09. The van der Waals surface area contributed by atoms with Crippen LogP contribution in [-0.2, 0) is 6.42 Å². The Morgan fingerprint density at radius 3 is 3.04 bits per heavy atom. The first-order chi connectivity index (χ1) is 12.7. The first-order valence-electron chi connectivity index (χ1n) is 8.73. The molecule has 7 heteroatoms. The summed E-state index contributed by atoms with van der Waals surface area (Å²) in [7, 11) is 1.75. The number of anilines is 1. The van der Waals surface area contributed by atoms with Crippen LogP contribution in [0.25, 0.3) is 0 Å². The summed E-state index contributed by atoms with van der Waals surface area (Å²) in [6.45, 7) is 2.40. The van der Waals surface area contributed by atoms with Crippen LogP contribution in [0.2, 0.25) is 5.02 Å². The van der Waals surface area contributed by atoms with Crippen LogP contribution in [0.15, 0.2) is 47.6 Å². The number of hydrogen-bond acceptors (Lipinski definition) is 3. The van der Waals surface area contributed by atoms with Crippen LogP contribution in [0, 0.1) is 5.82 Å². The molecule has 0 saturated carbocycles. The smallest absolute Gasteiger partial charge is 0.191 e. The number of nitrogens with zero attached hydrogens (tertiary/aromatic N) is 3. The lowest BCUT2D eigenvalue weighted by Gasteiger charge is -2.20. The van der Waals surface area contributed by atoms with Gasteiger partial charge in [-0.15, -0.1) is 0 Å². The molecule has 0 aliphatic carbocycles. The van der Waals surface area contributed by atoms with E-state index in [1.54, 1.807) is 25.4 Å². The third-order valence-corrected chi connectivity index (χ3v) is 4.68. The topological polar surface area (TPSA) is 52.6 Å². The molecule has 1 aliphatic rings. The third-order valence-electron chi connectivity index (χ3n) is 4.39. The number of halogens is 2. The minimum Gasteiger partial charge on any atom is -0.356 e. The molecule has 1 fully saturated rings. The van der Waals surface area contributed by atoms with E-state index < -0.39 is 0 Å². The maximum Gasteiger partial charge on any atom is 0.191 e. The fourth-order valence-corrected chi connectivity index (χ4v) is 3.33. The Labute approximate surface area is 158 Å². The molecule has 2 N–H and O–H groups in total. The van der Waals surface area contributed by atoms with E-state index in [-0.39, 0.29) is 11.9 Å². The predicted octanol–water partition coefficient (Wildman–Crippen LogP) is 2.86. The first kappa shape index (κ1) is 18.5. The number of hydrogen-bond donors (Lipinski definition) is 2. The number of guanidine groups is 1. The average molecular weight is 376 g/mol. The number of nitrogens with one attached hydrogen (secondary N) is 2. The lowest BCUT2D eigenvalue weighted by atomic mass is 10.1. The van der Waals surface area contributed by atoms with Gasteiger partial charge in [-0.25, -0.2) is 9.37 Å². The van der Waals surface area contributed by atoms with E-state index in [9.17, 15) is 4.39 Å². The molecule has 5 nitrogen and oxygen atoms in total. The van der Waals surface area contributed by atoms with Crippen molar-refractivity contribution in [3.05, 3.63) is 59.0 Å². The quantitative estimate of drug-likeness (QED) is 0.623. The third kappa shape index (κ3) is 4.85. The monoisotopic (exact) mass is 375 g/mol. The van der Waals surface area contributed by atoms with Crippen molar-refractivity contribution in [1.29, 1.82) is 0 Å². The van der Waals surface area contributed by atoms with E-state index in [0.29, 0.717) is 11.6 Å². The van der Waals surface area contributed by atoms with Crippen LogP contribution < -0.4 is 15.5 Å². The predicted molar refractivity (Wildman–Crippen MR) is 104 cm³/mol. The summed E-state index contributed by atoms with van der Waals surface area (Å²) in [6, 6.07) is 10.6. The van der Waals surface area contributed by atoms with Gasteiger partial charge in [-0.05, 0) is 42.7 Å². The van der Waals surface area contributed by atoms with Gasteiger partial charge in [0.05, 0.1) is 5.02 Å². The summed E-state index contributed by atoms with van der Waals surface area (Å²) >= 11 is 6.24. The van der Waals surface area contributed by atoms with E-state index in [1.165, 1.54) is 6.07 Å². The highest BCUT2D eigenvalue weighted by Gasteiger charge is 2.25. The Balaban J connectivity index is 1.47. The molecule has 0 spiro atoms. The van der Waals surface area contributed by atoms with Crippen LogP contribution >= 0.6 is 11.6 Å². The molecule has 1 aromatic heterocycles. The highest BCUT2D eigenvalue weighted by atomic mass is 35.5. The number of rotatable bonds is 5. The van der Waals surface area contributed by atoms with Gasteiger partial charge in [0.2, 0.25) is 0 Å². The van der Waals surface area contributed by atoms with Gasteiger partial charge in [-0.3, -0.25) is 4.99 Å². The molecule has 1 saturated heterocycles. The molecule has 0 radical (unpaired) electrons. The maximum absolute atomic E-state index is 13.2. The van der Waals surface area contributed by atoms with Gasteiger partial charge in [0.1, 0.15) is 11.6 Å². The van der Waals surface area contributed by atoms with Crippen molar-refractivity contribution in [3.8, 4) is 0 Å². The molecule has 1 unspecified atom stereocenters. The van der Waals surface area contributed by atoms with Crippen molar-refractivity contribution in [1.82, 2.24) is 15.6 Å². The van der Waals surface area contributed by atoms with E-state index >= 15 is 0 Å². The minimum absolute atomic E-state index is 0.204. The van der Waals surface area contributed by atoms with Crippen molar-refractivity contribution in [2.45, 2.75) is 18.9 Å². The van der Waals surface area contributed by atoms with Crippen LogP contribution in [0.1, 0.15) is 12.0 Å². The lowest BCUT2D eigenvalue weighted by molar-refractivity contribution is 0.624. The van der Waals surface area contributed by atoms with Crippen molar-refractivity contribution < 1.29 is 4.39 Å². The zero-order valence-corrected chi connectivity index (χ0v) is 15.5. The molecule has 138 valence electrons. The molecule has 2 heterocycles. The number of aliphatic imine (C=N–C) groups is 1. The largest absolute Gasteiger partial charge is 0.356 e. The second-order valence-corrected chi connectivity index (χ2v) is 6.67. The Morgan fingerprint density at radius 1 is 1.38 bits per heavy atom. The number of benzene rings is 1. The van der Waals surface area contributed by atoms with Crippen LogP contribution in [-0.4, -0.2) is 43.7 Å². The Hall–Kier alpha value is -2.34.